The molecule has 0 aliphatic carbocycles. The molecule has 4 rings (SSSR count). The van der Waals surface area contributed by atoms with Crippen molar-refractivity contribution in [2.24, 2.45) is 0 Å². The highest BCUT2D eigenvalue weighted by atomic mass is 127. The van der Waals surface area contributed by atoms with Gasteiger partial charge in [0.2, 0.25) is 5.91 Å². The molecule has 1 aliphatic heterocycles. The number of hydrogen-bond acceptors (Lipinski definition) is 4. The molecule has 39 heavy (non-hydrogen) atoms. The minimum Gasteiger partial charge on any atom is -1.00 e. The summed E-state index contributed by atoms with van der Waals surface area (Å²) >= 11 is 6.17. The highest BCUT2D eigenvalue weighted by molar-refractivity contribution is 6.34. The molecule has 7 nitrogen and oxygen atoms in total. The van der Waals surface area contributed by atoms with E-state index in [1.54, 1.807) is 12.1 Å². The predicted octanol–water partition coefficient (Wildman–Crippen LogP) is 3.18. The Kier molecular flexibility index (Phi) is 10.9. The summed E-state index contributed by atoms with van der Waals surface area (Å²) in [6.07, 6.45) is 2.49. The van der Waals surface area contributed by atoms with E-state index in [1.165, 1.54) is 6.07 Å². The van der Waals surface area contributed by atoms with Gasteiger partial charge in [0, 0.05) is 30.4 Å². The van der Waals surface area contributed by atoms with Crippen LogP contribution in [0.3, 0.4) is 0 Å². The van der Waals surface area contributed by atoms with E-state index < -0.39 is 6.09 Å². The van der Waals surface area contributed by atoms with Gasteiger partial charge in [-0.1, -0.05) is 54.1 Å². The number of rotatable bonds is 8. The molecule has 0 aromatic heterocycles. The van der Waals surface area contributed by atoms with Crippen LogP contribution in [0.1, 0.15) is 35.2 Å². The van der Waals surface area contributed by atoms with E-state index in [1.807, 2.05) is 48.5 Å². The molecule has 1 heterocycles. The second kappa shape index (κ2) is 13.9. The van der Waals surface area contributed by atoms with Crippen molar-refractivity contribution in [2.45, 2.75) is 31.8 Å². The van der Waals surface area contributed by atoms with Crippen LogP contribution in [0.5, 0.6) is 0 Å². The Labute approximate surface area is 251 Å². The molecular formula is C30H33ClIN3O4. The SMILES string of the molecule is C[N+]1(C)CCC(OC(=O)Nc2cc(CCC(=O)Nc3ccc(C=O)cc3Cl)ccc2-c2ccccc2)CC1.[I-]. The zero-order valence-electron chi connectivity index (χ0n) is 22.1. The van der Waals surface area contributed by atoms with E-state index in [9.17, 15) is 14.4 Å². The number of aryl methyl sites for hydroxylation is 1. The van der Waals surface area contributed by atoms with Crippen LogP contribution in [-0.2, 0) is 16.0 Å². The number of hydrogen-bond donors (Lipinski definition) is 2. The van der Waals surface area contributed by atoms with Crippen LogP contribution in [0.15, 0.2) is 66.7 Å². The number of likely N-dealkylation sites (tertiary alicyclic amines) is 1. The van der Waals surface area contributed by atoms with E-state index in [0.29, 0.717) is 34.7 Å². The standard InChI is InChI=1S/C30H32ClN3O4.HI/c1-34(2)16-14-24(15-17-34)38-30(37)33-28-19-21(8-11-25(28)23-6-4-3-5-7-23)10-13-29(36)32-27-12-9-22(20-35)18-26(27)31;/h3-9,11-12,18-20,24H,10,13-17H2,1-2H3,(H-,32,33,35,36,37);1H. The molecule has 0 spiro atoms. The quantitative estimate of drug-likeness (QED) is 0.221. The lowest BCUT2D eigenvalue weighted by atomic mass is 9.99. The van der Waals surface area contributed by atoms with Crippen molar-refractivity contribution in [1.82, 2.24) is 0 Å². The molecular weight excluding hydrogens is 629 g/mol. The summed E-state index contributed by atoms with van der Waals surface area (Å²) in [6.45, 7) is 1.94. The largest absolute Gasteiger partial charge is 1.00 e. The van der Waals surface area contributed by atoms with Crippen molar-refractivity contribution in [3.8, 4) is 11.1 Å². The third kappa shape index (κ3) is 8.78. The van der Waals surface area contributed by atoms with E-state index in [4.69, 9.17) is 16.3 Å². The first kappa shape index (κ1) is 30.6. The molecule has 2 N–H and O–H groups in total. The first-order chi connectivity index (χ1) is 18.2. The van der Waals surface area contributed by atoms with E-state index in [0.717, 1.165) is 47.1 Å². The molecule has 0 bridgehead atoms. The molecule has 9 heteroatoms. The van der Waals surface area contributed by atoms with Gasteiger partial charge in [-0.05, 0) is 41.8 Å². The summed E-state index contributed by atoms with van der Waals surface area (Å²) in [7, 11) is 4.37. The van der Waals surface area contributed by atoms with Crippen molar-refractivity contribution >= 4 is 41.3 Å². The maximum atomic E-state index is 12.8. The molecule has 206 valence electrons. The lowest BCUT2D eigenvalue weighted by Crippen LogP contribution is -3.00. The Morgan fingerprint density at radius 1 is 0.974 bits per heavy atom. The van der Waals surface area contributed by atoms with Gasteiger partial charge >= 0.3 is 6.09 Å². The predicted molar refractivity (Wildman–Crippen MR) is 151 cm³/mol. The number of amides is 2. The third-order valence-electron chi connectivity index (χ3n) is 6.84. The van der Waals surface area contributed by atoms with Crippen molar-refractivity contribution in [3.63, 3.8) is 0 Å². The second-order valence-corrected chi connectivity index (χ2v) is 10.7. The molecule has 0 saturated carbocycles. The number of anilines is 2. The van der Waals surface area contributed by atoms with Gasteiger partial charge in [0.15, 0.2) is 0 Å². The van der Waals surface area contributed by atoms with E-state index >= 15 is 0 Å². The molecule has 0 atom stereocenters. The average molecular weight is 662 g/mol. The number of piperidine rings is 1. The first-order valence-corrected chi connectivity index (χ1v) is 13.1. The Balaban J connectivity index is 0.00000420. The summed E-state index contributed by atoms with van der Waals surface area (Å²) in [5.41, 5.74) is 4.28. The number of nitrogens with zero attached hydrogens (tertiary/aromatic N) is 1. The number of carbonyl (C=O) groups is 3. The summed E-state index contributed by atoms with van der Waals surface area (Å²) < 4.78 is 6.69. The summed E-state index contributed by atoms with van der Waals surface area (Å²) in [4.78, 5) is 36.3. The van der Waals surface area contributed by atoms with Crippen LogP contribution in [0.2, 0.25) is 5.02 Å². The molecule has 3 aromatic carbocycles. The zero-order chi connectivity index (χ0) is 27.1. The highest BCUT2D eigenvalue weighted by Crippen LogP contribution is 2.30. The third-order valence-corrected chi connectivity index (χ3v) is 7.15. The fourth-order valence-corrected chi connectivity index (χ4v) is 4.78. The van der Waals surface area contributed by atoms with Crippen LogP contribution in [0.4, 0.5) is 16.2 Å². The molecule has 1 aliphatic rings. The van der Waals surface area contributed by atoms with Gasteiger partial charge in [-0.25, -0.2) is 4.79 Å². The summed E-state index contributed by atoms with van der Waals surface area (Å²) in [5.74, 6) is -0.203. The minimum atomic E-state index is -0.470. The van der Waals surface area contributed by atoms with Crippen LogP contribution in [-0.4, -0.2) is 56.1 Å². The monoisotopic (exact) mass is 661 g/mol. The van der Waals surface area contributed by atoms with Crippen LogP contribution < -0.4 is 34.6 Å². The molecule has 0 radical (unpaired) electrons. The van der Waals surface area contributed by atoms with Gasteiger partial charge in [-0.3, -0.25) is 14.9 Å². The Morgan fingerprint density at radius 2 is 1.69 bits per heavy atom. The van der Waals surface area contributed by atoms with Crippen LogP contribution in [0, 0.1) is 0 Å². The van der Waals surface area contributed by atoms with Crippen molar-refractivity contribution in [1.29, 1.82) is 0 Å². The van der Waals surface area contributed by atoms with Crippen LogP contribution >= 0.6 is 11.6 Å². The van der Waals surface area contributed by atoms with Crippen molar-refractivity contribution in [3.05, 3.63) is 82.9 Å². The zero-order valence-corrected chi connectivity index (χ0v) is 25.0. The molecule has 1 fully saturated rings. The Morgan fingerprint density at radius 3 is 2.36 bits per heavy atom. The molecule has 0 unspecified atom stereocenters. The fraction of sp³-hybridized carbons (Fsp3) is 0.300. The van der Waals surface area contributed by atoms with Gasteiger partial charge in [0.1, 0.15) is 12.4 Å². The van der Waals surface area contributed by atoms with Gasteiger partial charge in [0.05, 0.1) is 43.6 Å². The number of benzene rings is 3. The van der Waals surface area contributed by atoms with Crippen molar-refractivity contribution in [2.75, 3.05) is 37.8 Å². The van der Waals surface area contributed by atoms with E-state index in [2.05, 4.69) is 24.7 Å². The number of ether oxygens (including phenoxy) is 1. The van der Waals surface area contributed by atoms with E-state index in [-0.39, 0.29) is 42.4 Å². The number of nitrogens with one attached hydrogen (secondary N) is 2. The Bertz CT molecular complexity index is 1310. The van der Waals surface area contributed by atoms with Gasteiger partial charge in [-0.15, -0.1) is 0 Å². The Hall–Kier alpha value is -2.95. The summed E-state index contributed by atoms with van der Waals surface area (Å²) in [5, 5.41) is 6.05. The van der Waals surface area contributed by atoms with Gasteiger partial charge in [-0.2, -0.15) is 0 Å². The van der Waals surface area contributed by atoms with Crippen molar-refractivity contribution < 1.29 is 47.6 Å². The second-order valence-electron chi connectivity index (χ2n) is 10.3. The van der Waals surface area contributed by atoms with Crippen LogP contribution in [0.25, 0.3) is 11.1 Å². The topological polar surface area (TPSA) is 84.5 Å². The maximum Gasteiger partial charge on any atom is 0.411 e. The highest BCUT2D eigenvalue weighted by Gasteiger charge is 2.28. The minimum absolute atomic E-state index is 0. The molecule has 2 amide bonds. The molecule has 3 aromatic rings. The average Bonchev–Trinajstić information content (AvgIpc) is 2.90. The number of halogens is 2. The smallest absolute Gasteiger partial charge is 0.411 e. The first-order valence-electron chi connectivity index (χ1n) is 12.7. The lowest BCUT2D eigenvalue weighted by molar-refractivity contribution is -0.896. The summed E-state index contributed by atoms with van der Waals surface area (Å²) in [6, 6.07) is 20.3. The number of carbonyl (C=O) groups excluding carboxylic acids is 3. The maximum absolute atomic E-state index is 12.8. The van der Waals surface area contributed by atoms with Gasteiger partial charge in [0.25, 0.3) is 0 Å². The molecule has 1 saturated heterocycles. The van der Waals surface area contributed by atoms with Gasteiger partial charge < -0.3 is 38.5 Å². The number of quaternary nitrogens is 1. The number of aldehydes is 1. The normalized spacial score (nSPS) is 14.5. The fourth-order valence-electron chi connectivity index (χ4n) is 4.55. The lowest BCUT2D eigenvalue weighted by Gasteiger charge is -2.36.